The molecule has 23 heavy (non-hydrogen) atoms. The van der Waals surface area contributed by atoms with Crippen LogP contribution in [-0.4, -0.2) is 49.0 Å². The fourth-order valence-corrected chi connectivity index (χ4v) is 3.86. The van der Waals surface area contributed by atoms with Gasteiger partial charge in [-0.15, -0.1) is 0 Å². The molecule has 124 valence electrons. The summed E-state index contributed by atoms with van der Waals surface area (Å²) in [5.41, 5.74) is 1.66. The molecule has 3 rings (SSSR count). The Morgan fingerprint density at radius 1 is 1.43 bits per heavy atom. The van der Waals surface area contributed by atoms with E-state index in [1.807, 2.05) is 12.1 Å². The Balaban J connectivity index is 1.80. The molecule has 0 spiro atoms. The predicted molar refractivity (Wildman–Crippen MR) is 86.1 cm³/mol. The third-order valence-corrected chi connectivity index (χ3v) is 5.09. The second-order valence-electron chi connectivity index (χ2n) is 6.41. The van der Waals surface area contributed by atoms with Crippen LogP contribution in [0.1, 0.15) is 30.4 Å². The topological polar surface area (TPSA) is 65.7 Å². The lowest BCUT2D eigenvalue weighted by atomic mass is 9.93. The summed E-state index contributed by atoms with van der Waals surface area (Å²) in [7, 11) is 1.66. The van der Waals surface area contributed by atoms with Gasteiger partial charge in [0.1, 0.15) is 5.75 Å². The van der Waals surface area contributed by atoms with Crippen molar-refractivity contribution < 1.29 is 14.6 Å². The van der Waals surface area contributed by atoms with Crippen LogP contribution in [0.15, 0.2) is 18.2 Å². The van der Waals surface area contributed by atoms with Crippen LogP contribution in [0.5, 0.6) is 5.75 Å². The van der Waals surface area contributed by atoms with Crippen molar-refractivity contribution in [1.82, 2.24) is 4.90 Å². The van der Waals surface area contributed by atoms with E-state index >= 15 is 0 Å². The van der Waals surface area contributed by atoms with Crippen LogP contribution < -0.4 is 4.74 Å². The minimum absolute atomic E-state index is 0.225. The van der Waals surface area contributed by atoms with Gasteiger partial charge in [0.25, 0.3) is 0 Å². The van der Waals surface area contributed by atoms with Gasteiger partial charge in [0.05, 0.1) is 38.1 Å². The standard InChI is InChI=1S/C18H24N2O3/c1-22-18-6-5-13(10-19)9-14(18)11-20-7-8-23-12-16(20)15-3-2-4-17(15)21/h5-6,9,15-17,21H,2-4,7-8,11-12H2,1H3/t15-,16+,17+/m0/s1. The van der Waals surface area contributed by atoms with Crippen LogP contribution in [-0.2, 0) is 11.3 Å². The lowest BCUT2D eigenvalue weighted by Crippen LogP contribution is -2.50. The molecular formula is C18H24N2O3. The molecular weight excluding hydrogens is 292 g/mol. The fourth-order valence-electron chi connectivity index (χ4n) is 3.86. The van der Waals surface area contributed by atoms with Gasteiger partial charge in [-0.3, -0.25) is 4.90 Å². The van der Waals surface area contributed by atoms with E-state index < -0.39 is 0 Å². The molecule has 1 saturated carbocycles. The summed E-state index contributed by atoms with van der Waals surface area (Å²) in [5.74, 6) is 1.08. The van der Waals surface area contributed by atoms with Crippen molar-refractivity contribution in [3.63, 3.8) is 0 Å². The molecule has 3 atom stereocenters. The summed E-state index contributed by atoms with van der Waals surface area (Å²) in [6.45, 7) is 2.94. The Bertz CT molecular complexity index is 584. The maximum absolute atomic E-state index is 10.3. The number of hydrogen-bond acceptors (Lipinski definition) is 5. The van der Waals surface area contributed by atoms with Crippen LogP contribution in [0.4, 0.5) is 0 Å². The Morgan fingerprint density at radius 3 is 3.00 bits per heavy atom. The average molecular weight is 316 g/mol. The first-order valence-electron chi connectivity index (χ1n) is 8.30. The monoisotopic (exact) mass is 316 g/mol. The second-order valence-corrected chi connectivity index (χ2v) is 6.41. The molecule has 1 aromatic rings. The maximum Gasteiger partial charge on any atom is 0.123 e. The van der Waals surface area contributed by atoms with Gasteiger partial charge in [0, 0.05) is 30.6 Å². The summed E-state index contributed by atoms with van der Waals surface area (Å²) in [5, 5.41) is 19.4. The Kier molecular flexibility index (Phi) is 5.16. The molecule has 0 amide bonds. The average Bonchev–Trinajstić information content (AvgIpc) is 3.01. The minimum Gasteiger partial charge on any atom is -0.496 e. The number of aliphatic hydroxyl groups excluding tert-OH is 1. The number of ether oxygens (including phenoxy) is 2. The highest BCUT2D eigenvalue weighted by molar-refractivity contribution is 5.42. The Labute approximate surface area is 137 Å². The molecule has 0 radical (unpaired) electrons. The number of methoxy groups -OCH3 is 1. The molecule has 2 aliphatic rings. The number of benzene rings is 1. The third-order valence-electron chi connectivity index (χ3n) is 5.09. The van der Waals surface area contributed by atoms with Crippen molar-refractivity contribution in [2.75, 3.05) is 26.9 Å². The molecule has 2 fully saturated rings. The van der Waals surface area contributed by atoms with Gasteiger partial charge >= 0.3 is 0 Å². The highest BCUT2D eigenvalue weighted by Crippen LogP contribution is 2.33. The van der Waals surface area contributed by atoms with E-state index in [-0.39, 0.29) is 18.1 Å². The number of aliphatic hydroxyl groups is 1. The number of nitrogens with zero attached hydrogens (tertiary/aromatic N) is 2. The van der Waals surface area contributed by atoms with Crippen LogP contribution >= 0.6 is 0 Å². The highest BCUT2D eigenvalue weighted by Gasteiger charge is 2.37. The normalized spacial score (nSPS) is 28.5. The summed E-state index contributed by atoms with van der Waals surface area (Å²) >= 11 is 0. The largest absolute Gasteiger partial charge is 0.496 e. The molecule has 5 heteroatoms. The van der Waals surface area contributed by atoms with Gasteiger partial charge in [0.2, 0.25) is 0 Å². The summed E-state index contributed by atoms with van der Waals surface area (Å²) < 4.78 is 11.1. The SMILES string of the molecule is COc1ccc(C#N)cc1CN1CCOC[C@@H]1[C@@H]1CCC[C@H]1O. The zero-order valence-corrected chi connectivity index (χ0v) is 13.6. The fraction of sp³-hybridized carbons (Fsp3) is 0.611. The van der Waals surface area contributed by atoms with E-state index in [2.05, 4.69) is 11.0 Å². The first-order chi connectivity index (χ1) is 11.2. The quantitative estimate of drug-likeness (QED) is 0.919. The van der Waals surface area contributed by atoms with Crippen LogP contribution in [0.25, 0.3) is 0 Å². The molecule has 1 heterocycles. The summed E-state index contributed by atoms with van der Waals surface area (Å²) in [6, 6.07) is 7.96. The second kappa shape index (κ2) is 7.31. The number of hydrogen-bond donors (Lipinski definition) is 1. The van der Waals surface area contributed by atoms with Gasteiger partial charge < -0.3 is 14.6 Å². The number of morpholine rings is 1. The smallest absolute Gasteiger partial charge is 0.123 e. The van der Waals surface area contributed by atoms with Crippen molar-refractivity contribution >= 4 is 0 Å². The first-order valence-corrected chi connectivity index (χ1v) is 8.30. The van der Waals surface area contributed by atoms with E-state index in [0.29, 0.717) is 18.8 Å². The highest BCUT2D eigenvalue weighted by atomic mass is 16.5. The molecule has 0 aromatic heterocycles. The summed E-state index contributed by atoms with van der Waals surface area (Å²) in [6.07, 6.45) is 2.81. The molecule has 0 unspecified atom stereocenters. The van der Waals surface area contributed by atoms with Crippen molar-refractivity contribution in [2.24, 2.45) is 5.92 Å². The van der Waals surface area contributed by atoms with Crippen molar-refractivity contribution in [2.45, 2.75) is 38.0 Å². The van der Waals surface area contributed by atoms with Crippen LogP contribution in [0.2, 0.25) is 0 Å². The predicted octanol–water partition coefficient (Wildman–Crippen LogP) is 1.93. The molecule has 1 N–H and O–H groups in total. The van der Waals surface area contributed by atoms with Gasteiger partial charge in [-0.25, -0.2) is 0 Å². The zero-order valence-electron chi connectivity index (χ0n) is 13.6. The molecule has 0 bridgehead atoms. The lowest BCUT2D eigenvalue weighted by Gasteiger charge is -2.40. The van der Waals surface area contributed by atoms with E-state index in [4.69, 9.17) is 14.7 Å². The molecule has 1 aromatic carbocycles. The van der Waals surface area contributed by atoms with Gasteiger partial charge in [-0.05, 0) is 31.0 Å². The first kappa shape index (κ1) is 16.3. The van der Waals surface area contributed by atoms with Gasteiger partial charge in [0.15, 0.2) is 0 Å². The van der Waals surface area contributed by atoms with Crippen LogP contribution in [0.3, 0.4) is 0 Å². The maximum atomic E-state index is 10.3. The van der Waals surface area contributed by atoms with Crippen molar-refractivity contribution in [3.05, 3.63) is 29.3 Å². The van der Waals surface area contributed by atoms with Crippen LogP contribution in [0, 0.1) is 17.2 Å². The minimum atomic E-state index is -0.225. The van der Waals surface area contributed by atoms with Gasteiger partial charge in [-0.1, -0.05) is 6.42 Å². The lowest BCUT2D eigenvalue weighted by molar-refractivity contribution is -0.0538. The van der Waals surface area contributed by atoms with E-state index in [0.717, 1.165) is 43.7 Å². The van der Waals surface area contributed by atoms with Crippen molar-refractivity contribution in [3.8, 4) is 11.8 Å². The molecule has 5 nitrogen and oxygen atoms in total. The molecule has 1 aliphatic heterocycles. The third kappa shape index (κ3) is 3.50. The van der Waals surface area contributed by atoms with E-state index in [9.17, 15) is 5.11 Å². The number of rotatable bonds is 4. The van der Waals surface area contributed by atoms with Crippen molar-refractivity contribution in [1.29, 1.82) is 5.26 Å². The van der Waals surface area contributed by atoms with E-state index in [1.165, 1.54) is 0 Å². The molecule has 1 aliphatic carbocycles. The zero-order chi connectivity index (χ0) is 16.2. The number of nitriles is 1. The Morgan fingerprint density at radius 2 is 2.30 bits per heavy atom. The summed E-state index contributed by atoms with van der Waals surface area (Å²) in [4.78, 5) is 2.38. The van der Waals surface area contributed by atoms with E-state index in [1.54, 1.807) is 13.2 Å². The molecule has 1 saturated heterocycles. The Hall–Kier alpha value is -1.61. The van der Waals surface area contributed by atoms with Gasteiger partial charge in [-0.2, -0.15) is 5.26 Å².